The van der Waals surface area contributed by atoms with Crippen LogP contribution in [0.25, 0.3) is 0 Å². The molecule has 30 heavy (non-hydrogen) atoms. The van der Waals surface area contributed by atoms with E-state index in [-0.39, 0.29) is 17.0 Å². The van der Waals surface area contributed by atoms with Crippen molar-refractivity contribution in [1.29, 1.82) is 0 Å². The Kier molecular flexibility index (Phi) is 5.59. The normalized spacial score (nSPS) is 19.0. The Morgan fingerprint density at radius 2 is 1.73 bits per heavy atom. The number of anilines is 1. The fourth-order valence-electron chi connectivity index (χ4n) is 3.22. The van der Waals surface area contributed by atoms with Crippen LogP contribution in [0.4, 0.5) is 14.9 Å². The minimum absolute atomic E-state index is 0.123. The molecule has 0 aromatic heterocycles. The number of primary sulfonamides is 1. The number of carbonyl (C=O) groups excluding carboxylic acids is 3. The number of nitrogens with two attached hydrogens (primary N) is 1. The van der Waals surface area contributed by atoms with E-state index in [9.17, 15) is 27.2 Å². The predicted molar refractivity (Wildman–Crippen MR) is 105 cm³/mol. The Hall–Kier alpha value is -3.31. The molecule has 2 aromatic carbocycles. The van der Waals surface area contributed by atoms with Crippen LogP contribution in [0.1, 0.15) is 18.9 Å². The molecule has 0 aliphatic carbocycles. The minimum Gasteiger partial charge on any atom is -0.325 e. The van der Waals surface area contributed by atoms with Gasteiger partial charge in [0.1, 0.15) is 17.9 Å². The number of nitrogens with zero attached hydrogens (tertiary/aromatic N) is 1. The van der Waals surface area contributed by atoms with E-state index in [2.05, 4.69) is 10.6 Å². The average Bonchev–Trinajstić information content (AvgIpc) is 2.93. The number of rotatable bonds is 6. The molecule has 1 atom stereocenters. The van der Waals surface area contributed by atoms with Gasteiger partial charge in [-0.2, -0.15) is 0 Å². The van der Waals surface area contributed by atoms with Gasteiger partial charge in [0, 0.05) is 5.69 Å². The second-order valence-corrected chi connectivity index (χ2v) is 8.27. The molecular formula is C19H19FN4O5S. The molecule has 1 saturated heterocycles. The summed E-state index contributed by atoms with van der Waals surface area (Å²) in [5, 5.41) is 10.1. The van der Waals surface area contributed by atoms with Gasteiger partial charge in [-0.25, -0.2) is 22.7 Å². The lowest BCUT2D eigenvalue weighted by Crippen LogP contribution is -2.44. The summed E-state index contributed by atoms with van der Waals surface area (Å²) in [6.45, 7) is 1.14. The van der Waals surface area contributed by atoms with E-state index in [1.807, 2.05) is 0 Å². The molecule has 0 bridgehead atoms. The van der Waals surface area contributed by atoms with Crippen LogP contribution < -0.4 is 15.8 Å². The number of nitrogens with one attached hydrogen (secondary N) is 2. The summed E-state index contributed by atoms with van der Waals surface area (Å²) in [7, 11) is -3.87. The first-order valence-electron chi connectivity index (χ1n) is 8.89. The van der Waals surface area contributed by atoms with E-state index >= 15 is 0 Å². The number of hydrogen-bond acceptors (Lipinski definition) is 5. The second kappa shape index (κ2) is 7.84. The molecule has 0 unspecified atom stereocenters. The molecule has 4 amide bonds. The lowest BCUT2D eigenvalue weighted by atomic mass is 9.87. The molecule has 158 valence electrons. The molecule has 0 radical (unpaired) electrons. The van der Waals surface area contributed by atoms with E-state index < -0.39 is 45.8 Å². The summed E-state index contributed by atoms with van der Waals surface area (Å²) in [6.07, 6.45) is 0.205. The molecule has 1 aliphatic rings. The van der Waals surface area contributed by atoms with Crippen LogP contribution >= 0.6 is 0 Å². The van der Waals surface area contributed by atoms with Crippen LogP contribution in [-0.4, -0.2) is 37.7 Å². The van der Waals surface area contributed by atoms with Crippen LogP contribution in [-0.2, 0) is 25.2 Å². The van der Waals surface area contributed by atoms with Gasteiger partial charge in [0.25, 0.3) is 5.91 Å². The smallest absolute Gasteiger partial charge is 0.325 e. The van der Waals surface area contributed by atoms with E-state index in [0.29, 0.717) is 5.56 Å². The highest BCUT2D eigenvalue weighted by Crippen LogP contribution is 2.32. The van der Waals surface area contributed by atoms with Crippen LogP contribution in [0.5, 0.6) is 0 Å². The fourth-order valence-corrected chi connectivity index (χ4v) is 3.73. The topological polar surface area (TPSA) is 139 Å². The number of hydrogen-bond donors (Lipinski definition) is 3. The fraction of sp³-hybridized carbons (Fsp3) is 0.211. The zero-order chi connectivity index (χ0) is 22.1. The van der Waals surface area contributed by atoms with E-state index in [1.165, 1.54) is 48.5 Å². The Bertz CT molecular complexity index is 1100. The third-order valence-corrected chi connectivity index (χ3v) is 5.74. The third kappa shape index (κ3) is 4.02. The van der Waals surface area contributed by atoms with Crippen LogP contribution in [0.15, 0.2) is 53.4 Å². The van der Waals surface area contributed by atoms with Gasteiger partial charge < -0.3 is 10.6 Å². The lowest BCUT2D eigenvalue weighted by Gasteiger charge is -2.25. The van der Waals surface area contributed by atoms with Crippen molar-refractivity contribution in [1.82, 2.24) is 10.2 Å². The van der Waals surface area contributed by atoms with Crippen molar-refractivity contribution in [3.8, 4) is 0 Å². The van der Waals surface area contributed by atoms with Crippen molar-refractivity contribution >= 4 is 33.6 Å². The SMILES string of the molecule is CC[C@@]1(c2ccc(F)cc2)NC(=O)N(CC(=O)Nc2ccc(S(N)(=O)=O)cc2)C1=O. The zero-order valence-electron chi connectivity index (χ0n) is 15.9. The second-order valence-electron chi connectivity index (χ2n) is 6.70. The zero-order valence-corrected chi connectivity index (χ0v) is 16.7. The number of amides is 4. The van der Waals surface area contributed by atoms with Crippen LogP contribution in [0, 0.1) is 5.82 Å². The van der Waals surface area contributed by atoms with Gasteiger partial charge in [-0.1, -0.05) is 19.1 Å². The van der Waals surface area contributed by atoms with Crippen molar-refractivity contribution in [3.63, 3.8) is 0 Å². The molecule has 0 saturated carbocycles. The Balaban J connectivity index is 1.75. The van der Waals surface area contributed by atoms with Crippen LogP contribution in [0.2, 0.25) is 0 Å². The lowest BCUT2D eigenvalue weighted by molar-refractivity contribution is -0.134. The van der Waals surface area contributed by atoms with Crippen molar-refractivity contribution in [3.05, 3.63) is 59.9 Å². The molecule has 1 aliphatic heterocycles. The van der Waals surface area contributed by atoms with Gasteiger partial charge in [0.2, 0.25) is 15.9 Å². The summed E-state index contributed by atoms with van der Waals surface area (Å²) >= 11 is 0. The highest BCUT2D eigenvalue weighted by atomic mass is 32.2. The molecule has 9 nitrogen and oxygen atoms in total. The quantitative estimate of drug-likeness (QED) is 0.588. The summed E-state index contributed by atoms with van der Waals surface area (Å²) in [5.41, 5.74) is -0.715. The molecular weight excluding hydrogens is 415 g/mol. The van der Waals surface area contributed by atoms with E-state index in [4.69, 9.17) is 5.14 Å². The predicted octanol–water partition coefficient (Wildman–Crippen LogP) is 1.27. The van der Waals surface area contributed by atoms with E-state index in [1.54, 1.807) is 6.92 Å². The number of halogens is 1. The maximum absolute atomic E-state index is 13.2. The van der Waals surface area contributed by atoms with Gasteiger partial charge in [0.15, 0.2) is 0 Å². The highest BCUT2D eigenvalue weighted by molar-refractivity contribution is 7.89. The minimum atomic E-state index is -3.87. The van der Waals surface area contributed by atoms with Gasteiger partial charge in [-0.15, -0.1) is 0 Å². The molecule has 3 rings (SSSR count). The molecule has 4 N–H and O–H groups in total. The first-order chi connectivity index (χ1) is 14.1. The Labute approximate surface area is 172 Å². The number of urea groups is 1. The molecule has 0 spiro atoms. The largest absolute Gasteiger partial charge is 0.325 e. The number of imide groups is 1. The first-order valence-corrected chi connectivity index (χ1v) is 10.4. The number of benzene rings is 2. The maximum atomic E-state index is 13.2. The summed E-state index contributed by atoms with van der Waals surface area (Å²) in [4.78, 5) is 38.4. The maximum Gasteiger partial charge on any atom is 0.325 e. The summed E-state index contributed by atoms with van der Waals surface area (Å²) in [6, 6.07) is 9.55. The van der Waals surface area contributed by atoms with Crippen molar-refractivity contribution in [2.45, 2.75) is 23.8 Å². The van der Waals surface area contributed by atoms with E-state index in [0.717, 1.165) is 4.90 Å². The van der Waals surface area contributed by atoms with Crippen molar-refractivity contribution in [2.75, 3.05) is 11.9 Å². The Morgan fingerprint density at radius 1 is 1.13 bits per heavy atom. The van der Waals surface area contributed by atoms with Gasteiger partial charge >= 0.3 is 6.03 Å². The monoisotopic (exact) mass is 434 g/mol. The standard InChI is InChI=1S/C19H19FN4O5S/c1-2-19(12-3-5-13(20)6-4-12)17(26)24(18(27)23-19)11-16(25)22-14-7-9-15(10-8-14)30(21,28)29/h3-10H,2,11H2,1H3,(H,22,25)(H,23,27)(H2,21,28,29)/t19-/m0/s1. The molecule has 1 fully saturated rings. The van der Waals surface area contributed by atoms with Crippen molar-refractivity contribution < 1.29 is 27.2 Å². The van der Waals surface area contributed by atoms with Gasteiger partial charge in [-0.05, 0) is 48.4 Å². The van der Waals surface area contributed by atoms with Crippen molar-refractivity contribution in [2.24, 2.45) is 5.14 Å². The summed E-state index contributed by atoms with van der Waals surface area (Å²) in [5.74, 6) is -1.76. The first kappa shape index (κ1) is 21.4. The molecule has 11 heteroatoms. The van der Waals surface area contributed by atoms with Gasteiger partial charge in [-0.3, -0.25) is 14.5 Å². The Morgan fingerprint density at radius 3 is 2.27 bits per heavy atom. The molecule has 2 aromatic rings. The van der Waals surface area contributed by atoms with Crippen LogP contribution in [0.3, 0.4) is 0 Å². The number of carbonyl (C=O) groups is 3. The highest BCUT2D eigenvalue weighted by Gasteiger charge is 2.51. The molecule has 1 heterocycles. The number of sulfonamides is 1. The van der Waals surface area contributed by atoms with Gasteiger partial charge in [0.05, 0.1) is 4.90 Å². The average molecular weight is 434 g/mol. The third-order valence-electron chi connectivity index (χ3n) is 4.81. The summed E-state index contributed by atoms with van der Waals surface area (Å²) < 4.78 is 35.8.